The van der Waals surface area contributed by atoms with E-state index in [9.17, 15) is 9.59 Å². The number of benzene rings is 1. The van der Waals surface area contributed by atoms with Crippen LogP contribution in [0.25, 0.3) is 0 Å². The minimum absolute atomic E-state index is 0.107. The number of nitrogens with zero attached hydrogens (tertiary/aromatic N) is 2. The van der Waals surface area contributed by atoms with Crippen LogP contribution >= 0.6 is 0 Å². The number of aromatic nitrogens is 1. The van der Waals surface area contributed by atoms with Crippen molar-refractivity contribution in [3.05, 3.63) is 66.0 Å². The van der Waals surface area contributed by atoms with E-state index in [0.29, 0.717) is 11.5 Å². The number of rotatable bonds is 5. The summed E-state index contributed by atoms with van der Waals surface area (Å²) in [5, 5.41) is 23.1. The quantitative estimate of drug-likeness (QED) is 0.576. The summed E-state index contributed by atoms with van der Waals surface area (Å²) < 4.78 is 0. The Labute approximate surface area is 131 Å². The third-order valence-corrected chi connectivity index (χ3v) is 2.78. The van der Waals surface area contributed by atoms with Crippen molar-refractivity contribution in [1.29, 1.82) is 5.26 Å². The highest BCUT2D eigenvalue weighted by atomic mass is 16.4. The summed E-state index contributed by atoms with van der Waals surface area (Å²) >= 11 is 0. The maximum Gasteiger partial charge on any atom is 0.335 e. The molecule has 0 spiro atoms. The zero-order chi connectivity index (χ0) is 16.7. The lowest BCUT2D eigenvalue weighted by atomic mass is 10.2. The molecule has 0 fully saturated rings. The van der Waals surface area contributed by atoms with Crippen LogP contribution in [0.15, 0.2) is 60.4 Å². The Morgan fingerprint density at radius 3 is 2.48 bits per heavy atom. The number of nitrogens with one attached hydrogen (secondary N) is 2. The van der Waals surface area contributed by atoms with Crippen LogP contribution in [0.3, 0.4) is 0 Å². The first-order valence-corrected chi connectivity index (χ1v) is 6.52. The van der Waals surface area contributed by atoms with Gasteiger partial charge in [-0.15, -0.1) is 0 Å². The summed E-state index contributed by atoms with van der Waals surface area (Å²) in [7, 11) is 0. The first-order chi connectivity index (χ1) is 11.1. The van der Waals surface area contributed by atoms with E-state index >= 15 is 0 Å². The molecule has 0 saturated heterocycles. The average molecular weight is 308 g/mol. The van der Waals surface area contributed by atoms with E-state index in [-0.39, 0.29) is 11.1 Å². The van der Waals surface area contributed by atoms with Gasteiger partial charge in [0, 0.05) is 18.1 Å². The number of amides is 1. The number of carboxylic acids is 1. The molecule has 0 saturated carbocycles. The normalized spacial score (nSPS) is 10.5. The maximum atomic E-state index is 12.0. The summed E-state index contributed by atoms with van der Waals surface area (Å²) in [5.74, 6) is -1.17. The minimum Gasteiger partial charge on any atom is -0.478 e. The number of nitriles is 1. The molecule has 0 atom stereocenters. The van der Waals surface area contributed by atoms with Crippen molar-refractivity contribution in [1.82, 2.24) is 4.98 Å². The summed E-state index contributed by atoms with van der Waals surface area (Å²) in [5.41, 5.74) is 0.354. The zero-order valence-corrected chi connectivity index (χ0v) is 11.9. The van der Waals surface area contributed by atoms with Gasteiger partial charge in [-0.2, -0.15) is 5.26 Å². The SMILES string of the molecule is N#C/C(=C/Nc1ccccn1)C(=O)Nc1ccc(C(=O)O)cc1. The van der Waals surface area contributed by atoms with Crippen molar-refractivity contribution in [2.45, 2.75) is 0 Å². The number of carboxylic acid groups (broad SMARTS) is 1. The van der Waals surface area contributed by atoms with E-state index in [1.165, 1.54) is 30.5 Å². The number of pyridine rings is 1. The molecule has 1 aromatic carbocycles. The molecule has 2 aromatic rings. The molecule has 23 heavy (non-hydrogen) atoms. The Bertz CT molecular complexity index is 777. The van der Waals surface area contributed by atoms with Gasteiger partial charge < -0.3 is 15.7 Å². The van der Waals surface area contributed by atoms with Crippen LogP contribution in [0.2, 0.25) is 0 Å². The van der Waals surface area contributed by atoms with Gasteiger partial charge in [-0.25, -0.2) is 9.78 Å². The first kappa shape index (κ1) is 15.7. The van der Waals surface area contributed by atoms with Gasteiger partial charge in [0.1, 0.15) is 17.5 Å². The van der Waals surface area contributed by atoms with Gasteiger partial charge in [0.15, 0.2) is 0 Å². The Kier molecular flexibility index (Phi) is 5.04. The second-order valence-electron chi connectivity index (χ2n) is 4.37. The highest BCUT2D eigenvalue weighted by molar-refractivity contribution is 6.06. The summed E-state index contributed by atoms with van der Waals surface area (Å²) in [6, 6.07) is 12.6. The molecule has 0 bridgehead atoms. The molecule has 0 aliphatic heterocycles. The predicted octanol–water partition coefficient (Wildman–Crippen LogP) is 2.24. The number of hydrogen-bond acceptors (Lipinski definition) is 5. The third-order valence-electron chi connectivity index (χ3n) is 2.78. The standard InChI is InChI=1S/C16H12N4O3/c17-9-12(10-19-14-3-1-2-8-18-14)15(21)20-13-6-4-11(5-7-13)16(22)23/h1-8,10H,(H,18,19)(H,20,21)(H,22,23)/b12-10-. The van der Waals surface area contributed by atoms with Gasteiger partial charge in [0.25, 0.3) is 5.91 Å². The van der Waals surface area contributed by atoms with E-state index < -0.39 is 11.9 Å². The van der Waals surface area contributed by atoms with Crippen molar-refractivity contribution in [3.63, 3.8) is 0 Å². The molecule has 1 aromatic heterocycles. The lowest BCUT2D eigenvalue weighted by Gasteiger charge is -2.05. The number of aromatic carboxylic acids is 1. The van der Waals surface area contributed by atoms with Crippen LogP contribution in [0, 0.1) is 11.3 Å². The van der Waals surface area contributed by atoms with Crippen molar-refractivity contribution in [2.24, 2.45) is 0 Å². The van der Waals surface area contributed by atoms with Crippen molar-refractivity contribution in [2.75, 3.05) is 10.6 Å². The molecule has 2 rings (SSSR count). The maximum absolute atomic E-state index is 12.0. The lowest BCUT2D eigenvalue weighted by molar-refractivity contribution is -0.112. The molecular formula is C16H12N4O3. The van der Waals surface area contributed by atoms with Gasteiger partial charge in [-0.1, -0.05) is 6.07 Å². The van der Waals surface area contributed by atoms with Gasteiger partial charge in [0.05, 0.1) is 5.56 Å². The molecule has 0 radical (unpaired) electrons. The van der Waals surface area contributed by atoms with Crippen LogP contribution in [-0.2, 0) is 4.79 Å². The topological polar surface area (TPSA) is 115 Å². The summed E-state index contributed by atoms with van der Waals surface area (Å²) in [4.78, 5) is 26.8. The van der Waals surface area contributed by atoms with Crippen LogP contribution < -0.4 is 10.6 Å². The molecule has 0 aliphatic rings. The van der Waals surface area contributed by atoms with E-state index in [1.54, 1.807) is 30.5 Å². The molecule has 7 heteroatoms. The third kappa shape index (κ3) is 4.41. The Morgan fingerprint density at radius 2 is 1.91 bits per heavy atom. The van der Waals surface area contributed by atoms with Crippen LogP contribution in [-0.4, -0.2) is 22.0 Å². The number of carbonyl (C=O) groups is 2. The fourth-order valence-corrected chi connectivity index (χ4v) is 1.64. The predicted molar refractivity (Wildman–Crippen MR) is 83.6 cm³/mol. The molecule has 1 heterocycles. The zero-order valence-electron chi connectivity index (χ0n) is 11.9. The van der Waals surface area contributed by atoms with Crippen molar-refractivity contribution >= 4 is 23.4 Å². The van der Waals surface area contributed by atoms with Gasteiger partial charge in [0.2, 0.25) is 0 Å². The van der Waals surface area contributed by atoms with E-state index in [0.717, 1.165) is 0 Å². The fraction of sp³-hybridized carbons (Fsp3) is 0. The Morgan fingerprint density at radius 1 is 1.17 bits per heavy atom. The monoisotopic (exact) mass is 308 g/mol. The van der Waals surface area contributed by atoms with Crippen molar-refractivity contribution < 1.29 is 14.7 Å². The number of carbonyl (C=O) groups excluding carboxylic acids is 1. The van der Waals surface area contributed by atoms with E-state index in [4.69, 9.17) is 10.4 Å². The number of hydrogen-bond donors (Lipinski definition) is 3. The lowest BCUT2D eigenvalue weighted by Crippen LogP contribution is -2.14. The molecular weight excluding hydrogens is 296 g/mol. The molecule has 3 N–H and O–H groups in total. The Hall–Kier alpha value is -3.66. The largest absolute Gasteiger partial charge is 0.478 e. The highest BCUT2D eigenvalue weighted by Crippen LogP contribution is 2.11. The molecule has 114 valence electrons. The Balaban J connectivity index is 2.05. The van der Waals surface area contributed by atoms with Crippen LogP contribution in [0.5, 0.6) is 0 Å². The second kappa shape index (κ2) is 7.38. The van der Waals surface area contributed by atoms with Gasteiger partial charge in [-0.05, 0) is 36.4 Å². The van der Waals surface area contributed by atoms with E-state index in [2.05, 4.69) is 15.6 Å². The molecule has 7 nitrogen and oxygen atoms in total. The van der Waals surface area contributed by atoms with Crippen molar-refractivity contribution in [3.8, 4) is 6.07 Å². The van der Waals surface area contributed by atoms with Gasteiger partial charge >= 0.3 is 5.97 Å². The number of anilines is 2. The second-order valence-corrected chi connectivity index (χ2v) is 4.37. The minimum atomic E-state index is -1.06. The molecule has 0 aliphatic carbocycles. The summed E-state index contributed by atoms with van der Waals surface area (Å²) in [6.45, 7) is 0. The smallest absolute Gasteiger partial charge is 0.335 e. The average Bonchev–Trinajstić information content (AvgIpc) is 2.57. The van der Waals surface area contributed by atoms with Crippen LogP contribution in [0.1, 0.15) is 10.4 Å². The summed E-state index contributed by atoms with van der Waals surface area (Å²) in [6.07, 6.45) is 2.83. The molecule has 0 unspecified atom stereocenters. The highest BCUT2D eigenvalue weighted by Gasteiger charge is 2.10. The van der Waals surface area contributed by atoms with Crippen LogP contribution in [0.4, 0.5) is 11.5 Å². The van der Waals surface area contributed by atoms with E-state index in [1.807, 2.05) is 0 Å². The molecule has 1 amide bonds. The fourth-order valence-electron chi connectivity index (χ4n) is 1.64. The first-order valence-electron chi connectivity index (χ1n) is 6.52. The van der Waals surface area contributed by atoms with Gasteiger partial charge in [-0.3, -0.25) is 4.79 Å².